The molecule has 0 bridgehead atoms. The molecule has 0 fully saturated rings. The largest absolute Gasteiger partial charge is 0.345 e. The third kappa shape index (κ3) is 6.84. The van der Waals surface area contributed by atoms with Crippen LogP contribution in [0.15, 0.2) is 54.6 Å². The SMILES string of the molecule is CN(C)C(=O)c1ccc(NC(=O)CN(CCN)CCc2ccccc2)cc1. The molecule has 0 heterocycles. The molecule has 6 heteroatoms. The average molecular weight is 368 g/mol. The lowest BCUT2D eigenvalue weighted by molar-refractivity contribution is -0.117. The summed E-state index contributed by atoms with van der Waals surface area (Å²) in [5.74, 6) is -0.161. The average Bonchev–Trinajstić information content (AvgIpc) is 2.67. The van der Waals surface area contributed by atoms with Gasteiger partial charge in [-0.15, -0.1) is 0 Å². The zero-order chi connectivity index (χ0) is 19.6. The molecule has 0 aliphatic rings. The van der Waals surface area contributed by atoms with E-state index >= 15 is 0 Å². The summed E-state index contributed by atoms with van der Waals surface area (Å²) in [5.41, 5.74) is 8.18. The third-order valence-corrected chi connectivity index (χ3v) is 4.19. The fraction of sp³-hybridized carbons (Fsp3) is 0.333. The minimum absolute atomic E-state index is 0.0668. The summed E-state index contributed by atoms with van der Waals surface area (Å²) in [6.45, 7) is 2.22. The Morgan fingerprint density at radius 1 is 0.963 bits per heavy atom. The topological polar surface area (TPSA) is 78.7 Å². The number of carbonyl (C=O) groups excluding carboxylic acids is 2. The van der Waals surface area contributed by atoms with Crippen LogP contribution in [0.25, 0.3) is 0 Å². The van der Waals surface area contributed by atoms with E-state index in [0.717, 1.165) is 13.0 Å². The van der Waals surface area contributed by atoms with Gasteiger partial charge < -0.3 is 16.0 Å². The predicted molar refractivity (Wildman–Crippen MR) is 109 cm³/mol. The summed E-state index contributed by atoms with van der Waals surface area (Å²) in [7, 11) is 3.42. The quantitative estimate of drug-likeness (QED) is 0.708. The van der Waals surface area contributed by atoms with Crippen molar-refractivity contribution in [2.45, 2.75) is 6.42 Å². The first-order chi connectivity index (χ1) is 13.0. The van der Waals surface area contributed by atoms with Crippen molar-refractivity contribution >= 4 is 17.5 Å². The second kappa shape index (κ2) is 10.4. The molecule has 0 radical (unpaired) electrons. The molecule has 0 aromatic heterocycles. The van der Waals surface area contributed by atoms with Crippen LogP contribution in [-0.2, 0) is 11.2 Å². The van der Waals surface area contributed by atoms with E-state index in [4.69, 9.17) is 5.73 Å². The Hall–Kier alpha value is -2.70. The molecule has 2 amide bonds. The molecular weight excluding hydrogens is 340 g/mol. The number of anilines is 1. The van der Waals surface area contributed by atoms with Gasteiger partial charge in [0.2, 0.25) is 5.91 Å². The monoisotopic (exact) mass is 368 g/mol. The summed E-state index contributed by atoms with van der Waals surface area (Å²) < 4.78 is 0. The van der Waals surface area contributed by atoms with Crippen LogP contribution in [0.5, 0.6) is 0 Å². The highest BCUT2D eigenvalue weighted by Crippen LogP contribution is 2.11. The molecule has 0 unspecified atom stereocenters. The second-order valence-corrected chi connectivity index (χ2v) is 6.63. The van der Waals surface area contributed by atoms with Gasteiger partial charge in [-0.2, -0.15) is 0 Å². The molecule has 0 saturated carbocycles. The summed E-state index contributed by atoms with van der Waals surface area (Å²) in [6, 6.07) is 17.1. The van der Waals surface area contributed by atoms with Crippen LogP contribution in [0.4, 0.5) is 5.69 Å². The number of amides is 2. The van der Waals surface area contributed by atoms with Gasteiger partial charge in [-0.1, -0.05) is 30.3 Å². The highest BCUT2D eigenvalue weighted by Gasteiger charge is 2.12. The lowest BCUT2D eigenvalue weighted by atomic mass is 10.1. The molecule has 144 valence electrons. The van der Waals surface area contributed by atoms with Crippen LogP contribution in [0, 0.1) is 0 Å². The van der Waals surface area contributed by atoms with Gasteiger partial charge in [-0.3, -0.25) is 14.5 Å². The zero-order valence-electron chi connectivity index (χ0n) is 16.0. The number of rotatable bonds is 9. The maximum Gasteiger partial charge on any atom is 0.253 e. The minimum Gasteiger partial charge on any atom is -0.345 e. The molecule has 2 rings (SSSR count). The maximum atomic E-state index is 12.4. The van der Waals surface area contributed by atoms with Crippen LogP contribution >= 0.6 is 0 Å². The fourth-order valence-corrected chi connectivity index (χ4v) is 2.74. The van der Waals surface area contributed by atoms with Crippen molar-refractivity contribution in [3.05, 3.63) is 65.7 Å². The Kier molecular flexibility index (Phi) is 7.98. The first-order valence-corrected chi connectivity index (χ1v) is 9.07. The van der Waals surface area contributed by atoms with E-state index in [1.165, 1.54) is 10.5 Å². The molecule has 3 N–H and O–H groups in total. The van der Waals surface area contributed by atoms with Gasteiger partial charge in [0.15, 0.2) is 0 Å². The number of nitrogens with two attached hydrogens (primary N) is 1. The fourth-order valence-electron chi connectivity index (χ4n) is 2.74. The van der Waals surface area contributed by atoms with Crippen LogP contribution in [-0.4, -0.2) is 61.9 Å². The van der Waals surface area contributed by atoms with Crippen molar-refractivity contribution in [2.24, 2.45) is 5.73 Å². The van der Waals surface area contributed by atoms with Crippen molar-refractivity contribution in [1.82, 2.24) is 9.80 Å². The number of nitrogens with one attached hydrogen (secondary N) is 1. The van der Waals surface area contributed by atoms with Crippen LogP contribution in [0.1, 0.15) is 15.9 Å². The number of hydrogen-bond donors (Lipinski definition) is 2. The van der Waals surface area contributed by atoms with E-state index in [1.54, 1.807) is 38.4 Å². The number of benzene rings is 2. The van der Waals surface area contributed by atoms with E-state index in [1.807, 2.05) is 23.1 Å². The molecule has 6 nitrogen and oxygen atoms in total. The Morgan fingerprint density at radius 3 is 2.22 bits per heavy atom. The highest BCUT2D eigenvalue weighted by atomic mass is 16.2. The lowest BCUT2D eigenvalue weighted by Gasteiger charge is -2.21. The molecule has 0 aliphatic carbocycles. The van der Waals surface area contributed by atoms with Gasteiger partial charge >= 0.3 is 0 Å². The predicted octanol–water partition coefficient (Wildman–Crippen LogP) is 1.83. The smallest absolute Gasteiger partial charge is 0.253 e. The molecule has 2 aromatic rings. The van der Waals surface area contributed by atoms with Gasteiger partial charge in [0, 0.05) is 45.0 Å². The second-order valence-electron chi connectivity index (χ2n) is 6.63. The van der Waals surface area contributed by atoms with E-state index < -0.39 is 0 Å². The van der Waals surface area contributed by atoms with Crippen molar-refractivity contribution in [3.63, 3.8) is 0 Å². The minimum atomic E-state index is -0.0943. The van der Waals surface area contributed by atoms with Crippen LogP contribution in [0.2, 0.25) is 0 Å². The highest BCUT2D eigenvalue weighted by molar-refractivity contribution is 5.96. The standard InChI is InChI=1S/C21H28N4O2/c1-24(2)21(27)18-8-10-19(11-9-18)23-20(26)16-25(15-13-22)14-12-17-6-4-3-5-7-17/h3-11H,12-16,22H2,1-2H3,(H,23,26). The van der Waals surface area contributed by atoms with E-state index in [2.05, 4.69) is 17.4 Å². The Balaban J connectivity index is 1.88. The van der Waals surface area contributed by atoms with E-state index in [9.17, 15) is 9.59 Å². The normalized spacial score (nSPS) is 10.7. The molecule has 0 spiro atoms. The van der Waals surface area contributed by atoms with Crippen LogP contribution in [0.3, 0.4) is 0 Å². The maximum absolute atomic E-state index is 12.4. The number of carbonyl (C=O) groups is 2. The van der Waals surface area contributed by atoms with Gasteiger partial charge in [-0.25, -0.2) is 0 Å². The molecule has 0 saturated heterocycles. The van der Waals surface area contributed by atoms with Crippen molar-refractivity contribution in [2.75, 3.05) is 45.6 Å². The Morgan fingerprint density at radius 2 is 1.63 bits per heavy atom. The van der Waals surface area contributed by atoms with Gasteiger partial charge in [-0.05, 0) is 36.2 Å². The van der Waals surface area contributed by atoms with Crippen molar-refractivity contribution < 1.29 is 9.59 Å². The summed E-state index contributed by atoms with van der Waals surface area (Å²) in [6.07, 6.45) is 0.871. The Bertz CT molecular complexity index is 730. The van der Waals surface area contributed by atoms with Crippen molar-refractivity contribution in [1.29, 1.82) is 0 Å². The molecule has 0 atom stereocenters. The number of hydrogen-bond acceptors (Lipinski definition) is 4. The first kappa shape index (κ1) is 20.6. The van der Waals surface area contributed by atoms with Gasteiger partial charge in [0.1, 0.15) is 0 Å². The van der Waals surface area contributed by atoms with Crippen molar-refractivity contribution in [3.8, 4) is 0 Å². The zero-order valence-corrected chi connectivity index (χ0v) is 16.0. The summed E-state index contributed by atoms with van der Waals surface area (Å²) in [5, 5.41) is 2.88. The summed E-state index contributed by atoms with van der Waals surface area (Å²) >= 11 is 0. The van der Waals surface area contributed by atoms with E-state index in [-0.39, 0.29) is 18.4 Å². The third-order valence-electron chi connectivity index (χ3n) is 4.19. The molecule has 0 aliphatic heterocycles. The van der Waals surface area contributed by atoms with Gasteiger partial charge in [0.25, 0.3) is 5.91 Å². The number of nitrogens with zero attached hydrogens (tertiary/aromatic N) is 2. The molecular formula is C21H28N4O2. The van der Waals surface area contributed by atoms with Crippen LogP contribution < -0.4 is 11.1 Å². The Labute approximate surface area is 161 Å². The van der Waals surface area contributed by atoms with E-state index in [0.29, 0.717) is 24.3 Å². The first-order valence-electron chi connectivity index (χ1n) is 9.07. The lowest BCUT2D eigenvalue weighted by Crippen LogP contribution is -2.38. The molecule has 2 aromatic carbocycles. The summed E-state index contributed by atoms with van der Waals surface area (Å²) in [4.78, 5) is 27.8. The molecule has 27 heavy (non-hydrogen) atoms. The van der Waals surface area contributed by atoms with Gasteiger partial charge in [0.05, 0.1) is 6.54 Å².